The SMILES string of the molecule is CCCC1=NC(CCC)=C(C(=O)OCC)C(c2ccc(Br)s2)C1C(=O)OCC. The minimum absolute atomic E-state index is 0.276. The highest BCUT2D eigenvalue weighted by Gasteiger charge is 2.44. The van der Waals surface area contributed by atoms with Crippen LogP contribution in [0.25, 0.3) is 0 Å². The standard InChI is InChI=1S/C21H28BrNO4S/c1-5-9-13-17(20(24)26-7-3)19(15-11-12-16(22)28-15)18(21(25)27-8-4)14(23-13)10-6-2/h11-12,17,19H,5-10H2,1-4H3. The van der Waals surface area contributed by atoms with Crippen molar-refractivity contribution in [2.75, 3.05) is 13.2 Å². The van der Waals surface area contributed by atoms with Crippen LogP contribution in [0.1, 0.15) is 64.2 Å². The van der Waals surface area contributed by atoms with E-state index in [2.05, 4.69) is 29.8 Å². The summed E-state index contributed by atoms with van der Waals surface area (Å²) in [4.78, 5) is 31.7. The Morgan fingerprint density at radius 2 is 1.75 bits per heavy atom. The van der Waals surface area contributed by atoms with Crippen molar-refractivity contribution in [3.05, 3.63) is 32.1 Å². The van der Waals surface area contributed by atoms with Crippen LogP contribution >= 0.6 is 27.3 Å². The average molecular weight is 470 g/mol. The van der Waals surface area contributed by atoms with Gasteiger partial charge in [0.15, 0.2) is 0 Å². The monoisotopic (exact) mass is 469 g/mol. The van der Waals surface area contributed by atoms with Crippen molar-refractivity contribution >= 4 is 44.9 Å². The third-order valence-corrected chi connectivity index (χ3v) is 6.23. The lowest BCUT2D eigenvalue weighted by Gasteiger charge is -2.32. The molecule has 0 radical (unpaired) electrons. The molecule has 28 heavy (non-hydrogen) atoms. The number of hydrogen-bond donors (Lipinski definition) is 0. The van der Waals surface area contributed by atoms with Gasteiger partial charge in [-0.15, -0.1) is 11.3 Å². The van der Waals surface area contributed by atoms with E-state index < -0.39 is 17.8 Å². The number of ether oxygens (including phenoxy) is 2. The Hall–Kier alpha value is -1.47. The molecule has 0 saturated heterocycles. The van der Waals surface area contributed by atoms with Gasteiger partial charge in [0.25, 0.3) is 0 Å². The van der Waals surface area contributed by atoms with Crippen LogP contribution in [0, 0.1) is 5.92 Å². The first-order valence-electron chi connectivity index (χ1n) is 9.87. The van der Waals surface area contributed by atoms with E-state index in [1.807, 2.05) is 12.1 Å². The molecule has 1 aromatic rings. The van der Waals surface area contributed by atoms with Crippen molar-refractivity contribution in [1.82, 2.24) is 0 Å². The van der Waals surface area contributed by atoms with E-state index in [9.17, 15) is 9.59 Å². The molecule has 0 fully saturated rings. The summed E-state index contributed by atoms with van der Waals surface area (Å²) in [5.41, 5.74) is 2.03. The normalized spacial score (nSPS) is 19.4. The van der Waals surface area contributed by atoms with Crippen LogP contribution in [0.15, 0.2) is 32.2 Å². The van der Waals surface area contributed by atoms with Gasteiger partial charge >= 0.3 is 11.9 Å². The average Bonchev–Trinajstić information content (AvgIpc) is 3.08. The highest BCUT2D eigenvalue weighted by molar-refractivity contribution is 9.11. The van der Waals surface area contributed by atoms with Crippen molar-refractivity contribution in [2.45, 2.75) is 59.3 Å². The predicted molar refractivity (Wildman–Crippen MR) is 116 cm³/mol. The number of carbonyl (C=O) groups is 2. The van der Waals surface area contributed by atoms with Crippen LogP contribution < -0.4 is 0 Å². The van der Waals surface area contributed by atoms with Crippen molar-refractivity contribution in [2.24, 2.45) is 10.9 Å². The minimum Gasteiger partial charge on any atom is -0.465 e. The largest absolute Gasteiger partial charge is 0.465 e. The van der Waals surface area contributed by atoms with Crippen molar-refractivity contribution in [3.63, 3.8) is 0 Å². The van der Waals surface area contributed by atoms with Crippen LogP contribution in [0.5, 0.6) is 0 Å². The van der Waals surface area contributed by atoms with Gasteiger partial charge < -0.3 is 9.47 Å². The molecular weight excluding hydrogens is 442 g/mol. The van der Waals surface area contributed by atoms with E-state index in [-0.39, 0.29) is 19.2 Å². The topological polar surface area (TPSA) is 65.0 Å². The number of esters is 2. The number of thiophene rings is 1. The van der Waals surface area contributed by atoms with Gasteiger partial charge in [-0.05, 0) is 54.8 Å². The highest BCUT2D eigenvalue weighted by Crippen LogP contribution is 2.45. The molecule has 2 unspecified atom stereocenters. The van der Waals surface area contributed by atoms with Crippen LogP contribution in [0.3, 0.4) is 0 Å². The number of halogens is 1. The fourth-order valence-corrected chi connectivity index (χ4v) is 5.07. The van der Waals surface area contributed by atoms with Gasteiger partial charge in [-0.25, -0.2) is 4.79 Å². The van der Waals surface area contributed by atoms with E-state index >= 15 is 0 Å². The zero-order valence-corrected chi connectivity index (χ0v) is 19.3. The smallest absolute Gasteiger partial charge is 0.336 e. The zero-order chi connectivity index (χ0) is 20.7. The number of allylic oxidation sites excluding steroid dienone is 1. The van der Waals surface area contributed by atoms with Gasteiger partial charge in [-0.2, -0.15) is 0 Å². The molecule has 0 N–H and O–H groups in total. The second-order valence-electron chi connectivity index (χ2n) is 6.53. The Morgan fingerprint density at radius 3 is 2.29 bits per heavy atom. The molecule has 2 heterocycles. The molecule has 5 nitrogen and oxygen atoms in total. The number of nitrogens with zero attached hydrogens (tertiary/aromatic N) is 1. The van der Waals surface area contributed by atoms with E-state index in [0.717, 1.165) is 32.9 Å². The minimum atomic E-state index is -0.606. The summed E-state index contributed by atoms with van der Waals surface area (Å²) < 4.78 is 11.7. The quantitative estimate of drug-likeness (QED) is 0.438. The zero-order valence-electron chi connectivity index (χ0n) is 16.9. The summed E-state index contributed by atoms with van der Waals surface area (Å²) in [6, 6.07) is 3.90. The predicted octanol–water partition coefficient (Wildman–Crippen LogP) is 5.65. The Bertz CT molecular complexity index is 768. The highest BCUT2D eigenvalue weighted by atomic mass is 79.9. The summed E-state index contributed by atoms with van der Waals surface area (Å²) in [6.45, 7) is 8.25. The second-order valence-corrected chi connectivity index (χ2v) is 9.03. The lowest BCUT2D eigenvalue weighted by Crippen LogP contribution is -2.37. The third-order valence-electron chi connectivity index (χ3n) is 4.52. The van der Waals surface area contributed by atoms with Crippen LogP contribution in [0.2, 0.25) is 0 Å². The van der Waals surface area contributed by atoms with Crippen molar-refractivity contribution < 1.29 is 19.1 Å². The summed E-state index contributed by atoms with van der Waals surface area (Å²) in [7, 11) is 0. The Kier molecular flexibility index (Phi) is 8.89. The van der Waals surface area contributed by atoms with Gasteiger partial charge in [0.2, 0.25) is 0 Å². The molecule has 2 rings (SSSR count). The number of aliphatic imine (C=N–C) groups is 1. The van der Waals surface area contributed by atoms with Crippen molar-refractivity contribution in [3.8, 4) is 0 Å². The number of rotatable bonds is 9. The van der Waals surface area contributed by atoms with Gasteiger partial charge in [0.05, 0.1) is 28.3 Å². The first-order valence-corrected chi connectivity index (χ1v) is 11.5. The molecule has 0 spiro atoms. The maximum Gasteiger partial charge on any atom is 0.336 e. The molecule has 2 atom stereocenters. The molecular formula is C21H28BrNO4S. The van der Waals surface area contributed by atoms with E-state index in [1.165, 1.54) is 11.3 Å². The Labute approximate surface area is 179 Å². The summed E-state index contributed by atoms with van der Waals surface area (Å²) >= 11 is 5.03. The van der Waals surface area contributed by atoms with Gasteiger partial charge in [0, 0.05) is 16.5 Å². The maximum atomic E-state index is 13.0. The van der Waals surface area contributed by atoms with E-state index in [0.29, 0.717) is 18.4 Å². The molecule has 154 valence electrons. The molecule has 0 amide bonds. The van der Waals surface area contributed by atoms with Crippen LogP contribution in [-0.2, 0) is 19.1 Å². The lowest BCUT2D eigenvalue weighted by atomic mass is 9.76. The number of hydrogen-bond acceptors (Lipinski definition) is 6. The third kappa shape index (κ3) is 5.11. The lowest BCUT2D eigenvalue weighted by molar-refractivity contribution is -0.146. The van der Waals surface area contributed by atoms with Gasteiger partial charge in [0.1, 0.15) is 5.92 Å². The molecule has 0 bridgehead atoms. The molecule has 1 aliphatic rings. The Morgan fingerprint density at radius 1 is 1.07 bits per heavy atom. The fraction of sp³-hybridized carbons (Fsp3) is 0.571. The Balaban J connectivity index is 2.70. The molecule has 1 aromatic heterocycles. The van der Waals surface area contributed by atoms with E-state index in [1.54, 1.807) is 13.8 Å². The van der Waals surface area contributed by atoms with Gasteiger partial charge in [-0.1, -0.05) is 26.7 Å². The van der Waals surface area contributed by atoms with Gasteiger partial charge in [-0.3, -0.25) is 9.79 Å². The first kappa shape index (κ1) is 22.8. The first-order chi connectivity index (χ1) is 13.5. The molecule has 7 heteroatoms. The molecule has 0 aliphatic carbocycles. The fourth-order valence-electron chi connectivity index (χ4n) is 3.50. The molecule has 0 saturated carbocycles. The maximum absolute atomic E-state index is 13.0. The summed E-state index contributed by atoms with van der Waals surface area (Å²) in [5, 5.41) is 0. The van der Waals surface area contributed by atoms with Crippen LogP contribution in [-0.4, -0.2) is 30.9 Å². The number of carbonyl (C=O) groups excluding carboxylic acids is 2. The van der Waals surface area contributed by atoms with E-state index in [4.69, 9.17) is 14.5 Å². The summed E-state index contributed by atoms with van der Waals surface area (Å²) in [6.07, 6.45) is 3.08. The van der Waals surface area contributed by atoms with Crippen LogP contribution in [0.4, 0.5) is 0 Å². The second kappa shape index (κ2) is 10.9. The molecule has 1 aliphatic heterocycles. The van der Waals surface area contributed by atoms with Crippen molar-refractivity contribution in [1.29, 1.82) is 0 Å². The molecule has 0 aromatic carbocycles. The summed E-state index contributed by atoms with van der Waals surface area (Å²) in [5.74, 6) is -1.77.